The minimum Gasteiger partial charge on any atom is -0.379 e. The molecule has 1 aliphatic rings. The van der Waals surface area contributed by atoms with Crippen molar-refractivity contribution < 1.29 is 14.1 Å². The van der Waals surface area contributed by atoms with Gasteiger partial charge in [0.1, 0.15) is 0 Å². The molecule has 0 aliphatic carbocycles. The zero-order chi connectivity index (χ0) is 21.3. The first-order valence-electron chi connectivity index (χ1n) is 10.8. The Morgan fingerprint density at radius 3 is 2.55 bits per heavy atom. The molecule has 0 saturated carbocycles. The van der Waals surface area contributed by atoms with Crippen molar-refractivity contribution in [3.63, 3.8) is 0 Å². The van der Waals surface area contributed by atoms with Crippen LogP contribution in [0, 0.1) is 0 Å². The number of carbonyl (C=O) groups excluding carboxylic acids is 1. The Balaban J connectivity index is 1.22. The van der Waals surface area contributed by atoms with E-state index in [1.54, 1.807) is 0 Å². The molecule has 2 heterocycles. The molecule has 1 aromatic heterocycles. The lowest BCUT2D eigenvalue weighted by Gasteiger charge is -2.27. The van der Waals surface area contributed by atoms with E-state index in [0.29, 0.717) is 37.5 Å². The molecule has 1 aliphatic heterocycles. The van der Waals surface area contributed by atoms with Gasteiger partial charge in [-0.1, -0.05) is 59.8 Å². The van der Waals surface area contributed by atoms with Gasteiger partial charge >= 0.3 is 0 Å². The number of aryl methyl sites for hydroxylation is 1. The van der Waals surface area contributed by atoms with E-state index in [9.17, 15) is 4.79 Å². The van der Waals surface area contributed by atoms with Gasteiger partial charge in [0, 0.05) is 44.6 Å². The number of rotatable bonds is 9. The van der Waals surface area contributed by atoms with Crippen molar-refractivity contribution in [2.75, 3.05) is 26.3 Å². The Morgan fingerprint density at radius 2 is 1.74 bits per heavy atom. The van der Waals surface area contributed by atoms with Gasteiger partial charge in [0.25, 0.3) is 0 Å². The minimum absolute atomic E-state index is 0.0315. The van der Waals surface area contributed by atoms with Gasteiger partial charge in [0.15, 0.2) is 0 Å². The summed E-state index contributed by atoms with van der Waals surface area (Å²) in [6.45, 7) is 4.89. The maximum Gasteiger partial charge on any atom is 0.226 e. The lowest BCUT2D eigenvalue weighted by atomic mass is 10.1. The monoisotopic (exact) mass is 420 g/mol. The van der Waals surface area contributed by atoms with Crippen LogP contribution in [0.5, 0.6) is 0 Å². The first-order chi connectivity index (χ1) is 15.3. The molecule has 0 spiro atoms. The molecule has 0 atom stereocenters. The predicted molar refractivity (Wildman–Crippen MR) is 117 cm³/mol. The van der Waals surface area contributed by atoms with Gasteiger partial charge in [-0.25, -0.2) is 0 Å². The summed E-state index contributed by atoms with van der Waals surface area (Å²) in [5, 5.41) is 7.06. The third-order valence-corrected chi connectivity index (χ3v) is 5.39. The van der Waals surface area contributed by atoms with E-state index >= 15 is 0 Å². The predicted octanol–water partition coefficient (Wildman–Crippen LogP) is 3.21. The number of hydrogen-bond acceptors (Lipinski definition) is 6. The van der Waals surface area contributed by atoms with Crippen LogP contribution in [0.25, 0.3) is 11.4 Å². The zero-order valence-corrected chi connectivity index (χ0v) is 17.6. The number of amides is 1. The third-order valence-electron chi connectivity index (χ3n) is 5.39. The summed E-state index contributed by atoms with van der Waals surface area (Å²) in [7, 11) is 0. The molecule has 162 valence electrons. The number of ether oxygens (including phenoxy) is 1. The van der Waals surface area contributed by atoms with Gasteiger partial charge in [-0.2, -0.15) is 4.98 Å². The van der Waals surface area contributed by atoms with Crippen molar-refractivity contribution in [1.82, 2.24) is 20.4 Å². The molecular weight excluding hydrogens is 392 g/mol. The number of nitrogens with zero attached hydrogens (tertiary/aromatic N) is 3. The largest absolute Gasteiger partial charge is 0.379 e. The van der Waals surface area contributed by atoms with Crippen LogP contribution in [0.2, 0.25) is 0 Å². The van der Waals surface area contributed by atoms with E-state index in [0.717, 1.165) is 44.0 Å². The van der Waals surface area contributed by atoms with Crippen LogP contribution >= 0.6 is 0 Å². The molecule has 0 unspecified atom stereocenters. The molecule has 3 aromatic rings. The summed E-state index contributed by atoms with van der Waals surface area (Å²) in [6.07, 6.45) is 1.67. The molecule has 1 amide bonds. The van der Waals surface area contributed by atoms with E-state index in [1.165, 1.54) is 5.56 Å². The summed E-state index contributed by atoms with van der Waals surface area (Å²) >= 11 is 0. The van der Waals surface area contributed by atoms with Gasteiger partial charge in [0.2, 0.25) is 17.6 Å². The lowest BCUT2D eigenvalue weighted by molar-refractivity contribution is -0.121. The minimum atomic E-state index is 0.0315. The topological polar surface area (TPSA) is 80.5 Å². The number of hydrogen-bond donors (Lipinski definition) is 1. The molecule has 31 heavy (non-hydrogen) atoms. The Bertz CT molecular complexity index is 968. The maximum absolute atomic E-state index is 12.3. The maximum atomic E-state index is 12.3. The Labute approximate surface area is 182 Å². The Kier molecular flexibility index (Phi) is 7.41. The quantitative estimate of drug-likeness (QED) is 0.573. The fourth-order valence-electron chi connectivity index (χ4n) is 3.63. The number of nitrogens with one attached hydrogen (secondary N) is 1. The second-order valence-corrected chi connectivity index (χ2v) is 7.67. The van der Waals surface area contributed by atoms with Crippen LogP contribution in [-0.2, 0) is 29.0 Å². The first-order valence-corrected chi connectivity index (χ1v) is 10.8. The molecular formula is C24H28N4O3. The first kappa shape index (κ1) is 21.2. The van der Waals surface area contributed by atoms with Crippen molar-refractivity contribution in [3.8, 4) is 11.4 Å². The van der Waals surface area contributed by atoms with Crippen molar-refractivity contribution in [3.05, 3.63) is 71.6 Å². The smallest absolute Gasteiger partial charge is 0.226 e. The average molecular weight is 421 g/mol. The molecule has 4 rings (SSSR count). The van der Waals surface area contributed by atoms with Gasteiger partial charge in [-0.15, -0.1) is 0 Å². The second-order valence-electron chi connectivity index (χ2n) is 7.67. The summed E-state index contributed by atoms with van der Waals surface area (Å²) < 4.78 is 10.7. The fourth-order valence-corrected chi connectivity index (χ4v) is 3.63. The summed E-state index contributed by atoms with van der Waals surface area (Å²) in [6, 6.07) is 18.0. The summed E-state index contributed by atoms with van der Waals surface area (Å²) in [4.78, 5) is 19.1. The molecule has 1 fully saturated rings. The van der Waals surface area contributed by atoms with Crippen molar-refractivity contribution in [2.24, 2.45) is 0 Å². The molecule has 1 N–H and O–H groups in total. The van der Waals surface area contributed by atoms with Crippen LogP contribution in [0.15, 0.2) is 59.1 Å². The fraction of sp³-hybridized carbons (Fsp3) is 0.375. The SMILES string of the molecule is O=C(CCCc1nc(-c2ccccc2)no1)NCc1ccccc1CN1CCOCC1. The van der Waals surface area contributed by atoms with Gasteiger partial charge < -0.3 is 14.6 Å². The standard InChI is InChI=1S/C24H28N4O3/c29-22(11-6-12-23-26-24(27-31-23)19-7-2-1-3-8-19)25-17-20-9-4-5-10-21(20)18-28-13-15-30-16-14-28/h1-5,7-10H,6,11-18H2,(H,25,29). The van der Waals surface area contributed by atoms with Crippen molar-refractivity contribution in [1.29, 1.82) is 0 Å². The summed E-state index contributed by atoms with van der Waals surface area (Å²) in [5.74, 6) is 1.17. The van der Waals surface area contributed by atoms with Crippen LogP contribution in [-0.4, -0.2) is 47.3 Å². The summed E-state index contributed by atoms with van der Waals surface area (Å²) in [5.41, 5.74) is 3.33. The van der Waals surface area contributed by atoms with E-state index in [-0.39, 0.29) is 5.91 Å². The molecule has 0 bridgehead atoms. The van der Waals surface area contributed by atoms with E-state index in [1.807, 2.05) is 36.4 Å². The Hall–Kier alpha value is -3.03. The highest BCUT2D eigenvalue weighted by Crippen LogP contribution is 2.16. The Morgan fingerprint density at radius 1 is 1.00 bits per heavy atom. The number of aromatic nitrogens is 2. The molecule has 7 nitrogen and oxygen atoms in total. The molecule has 7 heteroatoms. The average Bonchev–Trinajstić information content (AvgIpc) is 3.29. The van der Waals surface area contributed by atoms with E-state index < -0.39 is 0 Å². The normalized spacial score (nSPS) is 14.5. The highest BCUT2D eigenvalue weighted by atomic mass is 16.5. The molecule has 2 aromatic carbocycles. The molecule has 0 radical (unpaired) electrons. The van der Waals surface area contributed by atoms with Crippen LogP contribution < -0.4 is 5.32 Å². The van der Waals surface area contributed by atoms with Gasteiger partial charge in [-0.05, 0) is 17.5 Å². The van der Waals surface area contributed by atoms with Gasteiger partial charge in [-0.3, -0.25) is 9.69 Å². The number of morpholine rings is 1. The number of benzene rings is 2. The highest BCUT2D eigenvalue weighted by Gasteiger charge is 2.13. The zero-order valence-electron chi connectivity index (χ0n) is 17.6. The van der Waals surface area contributed by atoms with Crippen molar-refractivity contribution in [2.45, 2.75) is 32.4 Å². The van der Waals surface area contributed by atoms with Crippen molar-refractivity contribution >= 4 is 5.91 Å². The second kappa shape index (κ2) is 10.8. The van der Waals surface area contributed by atoms with Crippen LogP contribution in [0.4, 0.5) is 0 Å². The van der Waals surface area contributed by atoms with E-state index in [2.05, 4.69) is 38.6 Å². The van der Waals surface area contributed by atoms with Gasteiger partial charge in [0.05, 0.1) is 13.2 Å². The molecule has 1 saturated heterocycles. The highest BCUT2D eigenvalue weighted by molar-refractivity contribution is 5.75. The third kappa shape index (κ3) is 6.23. The lowest BCUT2D eigenvalue weighted by Crippen LogP contribution is -2.36. The number of carbonyl (C=O) groups is 1. The van der Waals surface area contributed by atoms with Crippen LogP contribution in [0.3, 0.4) is 0 Å². The van der Waals surface area contributed by atoms with Crippen LogP contribution in [0.1, 0.15) is 29.9 Å². The van der Waals surface area contributed by atoms with E-state index in [4.69, 9.17) is 9.26 Å².